The summed E-state index contributed by atoms with van der Waals surface area (Å²) in [5.74, 6) is -3.36. The Morgan fingerprint density at radius 2 is 1.78 bits per heavy atom. The summed E-state index contributed by atoms with van der Waals surface area (Å²) in [4.78, 5) is 32.5. The first-order valence-electron chi connectivity index (χ1n) is 5.90. The molecule has 0 saturated heterocycles. The third kappa shape index (κ3) is 6.88. The van der Waals surface area contributed by atoms with Crippen LogP contribution in [0, 0.1) is 11.8 Å². The zero-order valence-corrected chi connectivity index (χ0v) is 10.7. The lowest BCUT2D eigenvalue weighted by molar-refractivity contribution is -0.147. The third-order valence-corrected chi connectivity index (χ3v) is 2.78. The monoisotopic (exact) mass is 260 g/mol. The second-order valence-corrected chi connectivity index (χ2v) is 4.33. The van der Waals surface area contributed by atoms with Gasteiger partial charge in [-0.2, -0.15) is 0 Å². The van der Waals surface area contributed by atoms with Gasteiger partial charge in [0.05, 0.1) is 18.9 Å². The van der Waals surface area contributed by atoms with Crippen molar-refractivity contribution in [2.75, 3.05) is 7.11 Å². The van der Waals surface area contributed by atoms with Gasteiger partial charge in [-0.3, -0.25) is 14.4 Å². The largest absolute Gasteiger partial charge is 0.481 e. The molecule has 0 amide bonds. The van der Waals surface area contributed by atoms with Crippen LogP contribution in [0.3, 0.4) is 0 Å². The number of hydrogen-bond acceptors (Lipinski definition) is 4. The fourth-order valence-electron chi connectivity index (χ4n) is 1.73. The lowest BCUT2D eigenvalue weighted by atomic mass is 9.91. The van der Waals surface area contributed by atoms with Crippen LogP contribution in [0.25, 0.3) is 0 Å². The number of hydrogen-bond donors (Lipinski definition) is 2. The van der Waals surface area contributed by atoms with Gasteiger partial charge < -0.3 is 14.9 Å². The Morgan fingerprint density at radius 3 is 2.22 bits per heavy atom. The minimum Gasteiger partial charge on any atom is -0.481 e. The number of unbranched alkanes of at least 4 members (excludes halogenated alkanes) is 1. The summed E-state index contributed by atoms with van der Waals surface area (Å²) in [5, 5.41) is 17.5. The van der Waals surface area contributed by atoms with E-state index in [1.165, 1.54) is 7.11 Å². The molecule has 0 aliphatic rings. The molecule has 6 heteroatoms. The quantitative estimate of drug-likeness (QED) is 0.481. The van der Waals surface area contributed by atoms with E-state index >= 15 is 0 Å². The summed E-state index contributed by atoms with van der Waals surface area (Å²) in [6.45, 7) is 1.62. The number of carboxylic acids is 2. The predicted molar refractivity (Wildman–Crippen MR) is 63.0 cm³/mol. The van der Waals surface area contributed by atoms with Crippen LogP contribution in [0.15, 0.2) is 0 Å². The molecule has 2 atom stereocenters. The fourth-order valence-corrected chi connectivity index (χ4v) is 1.73. The molecule has 2 unspecified atom stereocenters. The van der Waals surface area contributed by atoms with Crippen LogP contribution in [0.5, 0.6) is 0 Å². The summed E-state index contributed by atoms with van der Waals surface area (Å²) in [6, 6.07) is 0. The molecule has 2 N–H and O–H groups in total. The summed E-state index contributed by atoms with van der Waals surface area (Å²) in [7, 11) is 1.27. The number of methoxy groups -OCH3 is 1. The number of carbonyl (C=O) groups is 3. The molecule has 0 fully saturated rings. The van der Waals surface area contributed by atoms with E-state index in [2.05, 4.69) is 4.74 Å². The molecule has 0 saturated carbocycles. The SMILES string of the molecule is COC(=O)C(C)CC(CCCCC(=O)O)C(=O)O. The highest BCUT2D eigenvalue weighted by molar-refractivity contribution is 5.74. The van der Waals surface area contributed by atoms with Crippen LogP contribution >= 0.6 is 0 Å². The predicted octanol–water partition coefficient (Wildman–Crippen LogP) is 1.53. The molecule has 0 aromatic rings. The highest BCUT2D eigenvalue weighted by atomic mass is 16.5. The van der Waals surface area contributed by atoms with Crippen LogP contribution < -0.4 is 0 Å². The van der Waals surface area contributed by atoms with E-state index in [-0.39, 0.29) is 12.8 Å². The first-order valence-corrected chi connectivity index (χ1v) is 5.90. The molecule has 0 heterocycles. The number of aliphatic carboxylic acids is 2. The van der Waals surface area contributed by atoms with Crippen molar-refractivity contribution in [3.05, 3.63) is 0 Å². The van der Waals surface area contributed by atoms with Crippen molar-refractivity contribution in [3.63, 3.8) is 0 Å². The smallest absolute Gasteiger partial charge is 0.308 e. The minimum atomic E-state index is -0.957. The molecule has 0 aliphatic carbocycles. The van der Waals surface area contributed by atoms with Crippen LogP contribution in [0.4, 0.5) is 0 Å². The topological polar surface area (TPSA) is 101 Å². The van der Waals surface area contributed by atoms with Crippen LogP contribution in [-0.4, -0.2) is 35.2 Å². The molecule has 0 bridgehead atoms. The molecule has 0 aromatic carbocycles. The average molecular weight is 260 g/mol. The summed E-state index contributed by atoms with van der Waals surface area (Å²) in [5.41, 5.74) is 0. The van der Waals surface area contributed by atoms with E-state index in [9.17, 15) is 14.4 Å². The second-order valence-electron chi connectivity index (χ2n) is 4.33. The average Bonchev–Trinajstić information content (AvgIpc) is 2.30. The Hall–Kier alpha value is -1.59. The molecule has 0 aromatic heterocycles. The van der Waals surface area contributed by atoms with E-state index in [4.69, 9.17) is 10.2 Å². The van der Waals surface area contributed by atoms with Gasteiger partial charge in [0.15, 0.2) is 0 Å². The zero-order chi connectivity index (χ0) is 14.1. The number of ether oxygens (including phenoxy) is 1. The molecule has 6 nitrogen and oxygen atoms in total. The van der Waals surface area contributed by atoms with Crippen molar-refractivity contribution in [1.29, 1.82) is 0 Å². The van der Waals surface area contributed by atoms with Gasteiger partial charge in [-0.1, -0.05) is 13.3 Å². The Labute approximate surface area is 106 Å². The summed E-state index contributed by atoms with van der Waals surface area (Å²) in [6.07, 6.45) is 1.61. The van der Waals surface area contributed by atoms with E-state index < -0.39 is 29.7 Å². The molecular weight excluding hydrogens is 240 g/mol. The van der Waals surface area contributed by atoms with Gasteiger partial charge in [-0.25, -0.2) is 0 Å². The van der Waals surface area contributed by atoms with E-state index in [0.29, 0.717) is 19.3 Å². The Bertz CT molecular complexity index is 299. The number of carboxylic acid groups (broad SMARTS) is 2. The van der Waals surface area contributed by atoms with Gasteiger partial charge in [-0.05, 0) is 19.3 Å². The molecular formula is C12H20O6. The molecule has 0 spiro atoms. The van der Waals surface area contributed by atoms with Gasteiger partial charge in [0.25, 0.3) is 0 Å². The van der Waals surface area contributed by atoms with Crippen LogP contribution in [0.2, 0.25) is 0 Å². The molecule has 0 aliphatic heterocycles. The standard InChI is InChI=1S/C12H20O6/c1-8(12(17)18-2)7-9(11(15)16)5-3-4-6-10(13)14/h8-9H,3-7H2,1-2H3,(H,13,14)(H,15,16). The summed E-state index contributed by atoms with van der Waals surface area (Å²) < 4.78 is 4.54. The van der Waals surface area contributed by atoms with Crippen molar-refractivity contribution in [2.45, 2.75) is 39.0 Å². The zero-order valence-electron chi connectivity index (χ0n) is 10.7. The Kier molecular flexibility index (Phi) is 7.74. The van der Waals surface area contributed by atoms with Gasteiger partial charge in [0.2, 0.25) is 0 Å². The van der Waals surface area contributed by atoms with Crippen LogP contribution in [0.1, 0.15) is 39.0 Å². The van der Waals surface area contributed by atoms with Gasteiger partial charge in [0, 0.05) is 6.42 Å². The maximum Gasteiger partial charge on any atom is 0.308 e. The first-order chi connectivity index (χ1) is 8.38. The molecule has 0 radical (unpaired) electrons. The lowest BCUT2D eigenvalue weighted by Crippen LogP contribution is -2.22. The highest BCUT2D eigenvalue weighted by Crippen LogP contribution is 2.20. The fraction of sp³-hybridized carbons (Fsp3) is 0.750. The highest BCUT2D eigenvalue weighted by Gasteiger charge is 2.24. The molecule has 18 heavy (non-hydrogen) atoms. The van der Waals surface area contributed by atoms with Crippen molar-refractivity contribution < 1.29 is 29.3 Å². The van der Waals surface area contributed by atoms with Gasteiger partial charge in [-0.15, -0.1) is 0 Å². The van der Waals surface area contributed by atoms with Gasteiger partial charge >= 0.3 is 17.9 Å². The van der Waals surface area contributed by atoms with Gasteiger partial charge in [0.1, 0.15) is 0 Å². The van der Waals surface area contributed by atoms with E-state index in [1.807, 2.05) is 0 Å². The van der Waals surface area contributed by atoms with Crippen molar-refractivity contribution in [2.24, 2.45) is 11.8 Å². The van der Waals surface area contributed by atoms with E-state index in [0.717, 1.165) is 0 Å². The van der Waals surface area contributed by atoms with Crippen molar-refractivity contribution in [3.8, 4) is 0 Å². The first kappa shape index (κ1) is 16.4. The number of rotatable bonds is 9. The second kappa shape index (κ2) is 8.49. The maximum absolute atomic E-state index is 11.2. The minimum absolute atomic E-state index is 0.0406. The Morgan fingerprint density at radius 1 is 1.17 bits per heavy atom. The number of carbonyl (C=O) groups excluding carboxylic acids is 1. The van der Waals surface area contributed by atoms with E-state index in [1.54, 1.807) is 6.92 Å². The third-order valence-electron chi connectivity index (χ3n) is 2.78. The van der Waals surface area contributed by atoms with Crippen LogP contribution in [-0.2, 0) is 19.1 Å². The van der Waals surface area contributed by atoms with Crippen molar-refractivity contribution >= 4 is 17.9 Å². The molecule has 104 valence electrons. The molecule has 0 rings (SSSR count). The lowest BCUT2D eigenvalue weighted by Gasteiger charge is -2.15. The maximum atomic E-state index is 11.2. The summed E-state index contributed by atoms with van der Waals surface area (Å²) >= 11 is 0. The normalized spacial score (nSPS) is 13.7. The Balaban J connectivity index is 4.11. The van der Waals surface area contributed by atoms with Crippen molar-refractivity contribution in [1.82, 2.24) is 0 Å². The number of esters is 1.